The molecule has 2 heteroatoms. The van der Waals surface area contributed by atoms with Crippen molar-refractivity contribution < 1.29 is 0 Å². The van der Waals surface area contributed by atoms with Crippen molar-refractivity contribution in [2.45, 2.75) is 31.8 Å². The molecule has 0 amide bonds. The van der Waals surface area contributed by atoms with Gasteiger partial charge in [-0.25, -0.2) is 0 Å². The molecule has 0 bridgehead atoms. The number of allylic oxidation sites excluding steroid dienone is 5. The van der Waals surface area contributed by atoms with Gasteiger partial charge in [0.15, 0.2) is 0 Å². The molecule has 1 aliphatic carbocycles. The Hall–Kier alpha value is -0.473. The topological polar surface area (TPSA) is 0 Å². The van der Waals surface area contributed by atoms with Gasteiger partial charge in [0.2, 0.25) is 0 Å². The van der Waals surface area contributed by atoms with Gasteiger partial charge >= 0.3 is 0 Å². The summed E-state index contributed by atoms with van der Waals surface area (Å²) in [6, 6.07) is 0. The fourth-order valence-corrected chi connectivity index (χ4v) is 7.17. The van der Waals surface area contributed by atoms with Gasteiger partial charge < -0.3 is 0 Å². The summed E-state index contributed by atoms with van der Waals surface area (Å²) in [6.07, 6.45) is 9.09. The maximum atomic E-state index is 2.52. The molecule has 1 heterocycles. The smallest absolute Gasteiger partial charge is 0.0901 e. The molecular formula is C13H18SSi. The number of hydrogen-bond acceptors (Lipinski definition) is 1. The van der Waals surface area contributed by atoms with Gasteiger partial charge in [-0.1, -0.05) is 42.6 Å². The van der Waals surface area contributed by atoms with E-state index in [1.807, 2.05) is 0 Å². The summed E-state index contributed by atoms with van der Waals surface area (Å²) in [6.45, 7) is 9.34. The van der Waals surface area contributed by atoms with Gasteiger partial charge in [-0.05, 0) is 25.5 Å². The highest BCUT2D eigenvalue weighted by molar-refractivity contribution is 8.06. The largest absolute Gasteiger partial charge is 0.121 e. The van der Waals surface area contributed by atoms with E-state index in [1.54, 1.807) is 0 Å². The van der Waals surface area contributed by atoms with Gasteiger partial charge in [0.05, 0.1) is 8.07 Å². The maximum absolute atomic E-state index is 2.52. The van der Waals surface area contributed by atoms with Crippen LogP contribution in [0.3, 0.4) is 0 Å². The highest BCUT2D eigenvalue weighted by Gasteiger charge is 2.34. The third-order valence-electron chi connectivity index (χ3n) is 2.79. The third-order valence-corrected chi connectivity index (χ3v) is 8.93. The van der Waals surface area contributed by atoms with Crippen molar-refractivity contribution in [2.75, 3.05) is 0 Å². The number of hydrogen-bond donors (Lipinski definition) is 0. The minimum Gasteiger partial charge on any atom is -0.121 e. The summed E-state index contributed by atoms with van der Waals surface area (Å²) < 4.78 is 0. The van der Waals surface area contributed by atoms with Crippen LogP contribution < -0.4 is 0 Å². The summed E-state index contributed by atoms with van der Waals surface area (Å²) in [4.78, 5) is 2.20. The summed E-state index contributed by atoms with van der Waals surface area (Å²) in [7, 11) is -1.25. The lowest BCUT2D eigenvalue weighted by Gasteiger charge is -2.24. The fraction of sp³-hybridized carbons (Fsp3) is 0.385. The molecule has 0 N–H and O–H groups in total. The second-order valence-corrected chi connectivity index (χ2v) is 11.2. The molecular weight excluding hydrogens is 216 g/mol. The van der Waals surface area contributed by atoms with Crippen molar-refractivity contribution in [2.24, 2.45) is 0 Å². The third kappa shape index (κ3) is 2.21. The first-order valence-electron chi connectivity index (χ1n) is 5.42. The van der Waals surface area contributed by atoms with Crippen LogP contribution in [0.1, 0.15) is 13.8 Å². The van der Waals surface area contributed by atoms with E-state index in [0.29, 0.717) is 0 Å². The van der Waals surface area contributed by atoms with E-state index in [2.05, 4.69) is 68.7 Å². The molecule has 1 atom stereocenters. The standard InChI is InChI=1S/C13H18SSi/c1-10(2)9-15(3,4)13-8-11-6-5-7-12(11)14-13/h5-9,13H,1-4H3. The molecule has 0 nitrogen and oxygen atoms in total. The summed E-state index contributed by atoms with van der Waals surface area (Å²) >= 11 is 2.05. The molecule has 80 valence electrons. The van der Waals surface area contributed by atoms with Crippen molar-refractivity contribution in [1.82, 2.24) is 0 Å². The van der Waals surface area contributed by atoms with E-state index in [0.717, 1.165) is 4.87 Å². The van der Waals surface area contributed by atoms with Crippen LogP contribution in [0.5, 0.6) is 0 Å². The zero-order valence-electron chi connectivity index (χ0n) is 9.87. The van der Waals surface area contributed by atoms with Gasteiger partial charge in [0, 0.05) is 9.78 Å². The van der Waals surface area contributed by atoms with Crippen LogP contribution in [0.15, 0.2) is 46.1 Å². The summed E-state index contributed by atoms with van der Waals surface area (Å²) in [5.41, 5.74) is 5.44. The second-order valence-electron chi connectivity index (χ2n) is 5.09. The lowest BCUT2D eigenvalue weighted by Crippen LogP contribution is -2.35. The molecule has 0 aromatic carbocycles. The van der Waals surface area contributed by atoms with E-state index in [4.69, 9.17) is 0 Å². The Morgan fingerprint density at radius 1 is 1.40 bits per heavy atom. The quantitative estimate of drug-likeness (QED) is 0.644. The Balaban J connectivity index is 2.22. The van der Waals surface area contributed by atoms with E-state index in [-0.39, 0.29) is 0 Å². The molecule has 1 aliphatic heterocycles. The molecule has 1 unspecified atom stereocenters. The van der Waals surface area contributed by atoms with E-state index in [9.17, 15) is 0 Å². The summed E-state index contributed by atoms with van der Waals surface area (Å²) in [5, 5.41) is 0. The van der Waals surface area contributed by atoms with Gasteiger partial charge in [0.25, 0.3) is 0 Å². The zero-order chi connectivity index (χ0) is 11.1. The number of fused-ring (bicyclic) bond motifs is 1. The Labute approximate surface area is 97.9 Å². The average Bonchev–Trinajstić information content (AvgIpc) is 2.56. The van der Waals surface area contributed by atoms with Crippen molar-refractivity contribution in [3.63, 3.8) is 0 Å². The molecule has 2 aliphatic rings. The molecule has 15 heavy (non-hydrogen) atoms. The van der Waals surface area contributed by atoms with E-state index >= 15 is 0 Å². The van der Waals surface area contributed by atoms with Crippen LogP contribution in [-0.4, -0.2) is 12.9 Å². The first-order chi connectivity index (χ1) is 6.99. The van der Waals surface area contributed by atoms with Crippen molar-refractivity contribution in [3.8, 4) is 0 Å². The van der Waals surface area contributed by atoms with Gasteiger partial charge in [0.1, 0.15) is 0 Å². The molecule has 0 saturated carbocycles. The van der Waals surface area contributed by atoms with Crippen LogP contribution in [0.25, 0.3) is 0 Å². The van der Waals surface area contributed by atoms with Gasteiger partial charge in [-0.15, -0.1) is 11.8 Å². The first-order valence-corrected chi connectivity index (χ1v) is 9.46. The molecule has 0 fully saturated rings. The predicted octanol–water partition coefficient (Wildman–Crippen LogP) is 4.23. The molecule has 0 aromatic heterocycles. The molecule has 0 saturated heterocycles. The maximum Gasteiger partial charge on any atom is 0.0901 e. The molecule has 0 radical (unpaired) electrons. The highest BCUT2D eigenvalue weighted by Crippen LogP contribution is 2.44. The van der Waals surface area contributed by atoms with E-state index < -0.39 is 8.07 Å². The second kappa shape index (κ2) is 3.83. The summed E-state index contributed by atoms with van der Waals surface area (Å²) in [5.74, 6) is 0. The Morgan fingerprint density at radius 3 is 2.73 bits per heavy atom. The molecule has 2 rings (SSSR count). The number of thioether (sulfide) groups is 1. The van der Waals surface area contributed by atoms with Crippen molar-refractivity contribution in [1.29, 1.82) is 0 Å². The SMILES string of the molecule is CC(C)=C[Si](C)(C)C1C=C2C=CC=C2S1. The minimum absolute atomic E-state index is 0.721. The minimum atomic E-state index is -1.25. The Kier molecular flexibility index (Phi) is 2.82. The van der Waals surface area contributed by atoms with Crippen LogP contribution in [-0.2, 0) is 0 Å². The lowest BCUT2D eigenvalue weighted by molar-refractivity contribution is 1.38. The molecule has 0 aromatic rings. The normalized spacial score (nSPS) is 23.6. The monoisotopic (exact) mass is 234 g/mol. The van der Waals surface area contributed by atoms with Gasteiger partial charge in [-0.3, -0.25) is 0 Å². The highest BCUT2D eigenvalue weighted by atomic mass is 32.2. The Morgan fingerprint density at radius 2 is 2.13 bits per heavy atom. The first kappa shape index (κ1) is 11.0. The number of rotatable bonds is 2. The lowest BCUT2D eigenvalue weighted by atomic mass is 10.3. The fourth-order valence-electron chi connectivity index (χ4n) is 2.19. The van der Waals surface area contributed by atoms with Crippen LogP contribution in [0, 0.1) is 0 Å². The van der Waals surface area contributed by atoms with Crippen LogP contribution in [0.2, 0.25) is 13.1 Å². The van der Waals surface area contributed by atoms with Crippen LogP contribution in [0.4, 0.5) is 0 Å². The van der Waals surface area contributed by atoms with Crippen molar-refractivity contribution >= 4 is 19.8 Å². The molecule has 0 spiro atoms. The average molecular weight is 234 g/mol. The Bertz CT molecular complexity index is 393. The van der Waals surface area contributed by atoms with Gasteiger partial charge in [-0.2, -0.15) is 0 Å². The van der Waals surface area contributed by atoms with E-state index in [1.165, 1.54) is 16.1 Å². The zero-order valence-corrected chi connectivity index (χ0v) is 11.7. The van der Waals surface area contributed by atoms with Crippen LogP contribution >= 0.6 is 11.8 Å². The van der Waals surface area contributed by atoms with Crippen molar-refractivity contribution in [3.05, 3.63) is 46.1 Å². The predicted molar refractivity (Wildman–Crippen MR) is 73.6 cm³/mol.